The molecule has 0 atom stereocenters. The standard InChI is InChI=1S/C24H31N3O2/c1-29-23-11-9-22(10-12-23)26-15-17-27(18-16-26)24(28)19-20-5-7-21(8-6-20)25-13-3-2-4-14-25/h5-12H,2-4,13-19H2,1H3. The van der Waals surface area contributed by atoms with Gasteiger partial charge in [-0.05, 0) is 61.2 Å². The Labute approximate surface area is 173 Å². The Morgan fingerprint density at radius 1 is 0.759 bits per heavy atom. The molecule has 2 aromatic carbocycles. The van der Waals surface area contributed by atoms with E-state index in [-0.39, 0.29) is 5.91 Å². The molecule has 2 aliphatic heterocycles. The van der Waals surface area contributed by atoms with Crippen molar-refractivity contribution in [1.82, 2.24) is 4.90 Å². The molecule has 4 rings (SSSR count). The molecule has 154 valence electrons. The van der Waals surface area contributed by atoms with Crippen LogP contribution in [0.4, 0.5) is 11.4 Å². The first kappa shape index (κ1) is 19.6. The zero-order chi connectivity index (χ0) is 20.1. The maximum atomic E-state index is 12.8. The van der Waals surface area contributed by atoms with Crippen LogP contribution in [0.15, 0.2) is 48.5 Å². The number of piperidine rings is 1. The molecule has 2 aliphatic rings. The van der Waals surface area contributed by atoms with Gasteiger partial charge in [-0.3, -0.25) is 4.79 Å². The van der Waals surface area contributed by atoms with Crippen LogP contribution in [0.2, 0.25) is 0 Å². The number of benzene rings is 2. The van der Waals surface area contributed by atoms with Crippen molar-refractivity contribution in [2.75, 3.05) is 56.2 Å². The number of hydrogen-bond acceptors (Lipinski definition) is 4. The molecular weight excluding hydrogens is 362 g/mol. The maximum absolute atomic E-state index is 12.8. The number of rotatable bonds is 5. The average Bonchev–Trinajstić information content (AvgIpc) is 2.80. The fraction of sp³-hybridized carbons (Fsp3) is 0.458. The molecule has 0 aromatic heterocycles. The normalized spacial score (nSPS) is 17.3. The van der Waals surface area contributed by atoms with Crippen molar-refractivity contribution in [1.29, 1.82) is 0 Å². The summed E-state index contributed by atoms with van der Waals surface area (Å²) >= 11 is 0. The molecule has 5 nitrogen and oxygen atoms in total. The number of methoxy groups -OCH3 is 1. The Bertz CT molecular complexity index is 790. The summed E-state index contributed by atoms with van der Waals surface area (Å²) in [7, 11) is 1.68. The molecular formula is C24H31N3O2. The molecule has 2 fully saturated rings. The number of carbonyl (C=O) groups excluding carboxylic acids is 1. The summed E-state index contributed by atoms with van der Waals surface area (Å²) in [5, 5.41) is 0. The third-order valence-corrected chi connectivity index (χ3v) is 6.08. The molecule has 0 spiro atoms. The molecule has 0 N–H and O–H groups in total. The Balaban J connectivity index is 1.28. The van der Waals surface area contributed by atoms with Gasteiger partial charge < -0.3 is 19.4 Å². The fourth-order valence-electron chi connectivity index (χ4n) is 4.27. The predicted octanol–water partition coefficient (Wildman–Crippen LogP) is 3.58. The van der Waals surface area contributed by atoms with Gasteiger partial charge in [0.05, 0.1) is 13.5 Å². The van der Waals surface area contributed by atoms with Crippen LogP contribution in [-0.4, -0.2) is 57.2 Å². The molecule has 0 unspecified atom stereocenters. The number of amides is 1. The largest absolute Gasteiger partial charge is 0.497 e. The lowest BCUT2D eigenvalue weighted by Crippen LogP contribution is -2.49. The summed E-state index contributed by atoms with van der Waals surface area (Å²) in [6, 6.07) is 16.7. The van der Waals surface area contributed by atoms with Gasteiger partial charge in [-0.2, -0.15) is 0 Å². The van der Waals surface area contributed by atoms with Crippen LogP contribution in [0.3, 0.4) is 0 Å². The first-order valence-corrected chi connectivity index (χ1v) is 10.7. The third-order valence-electron chi connectivity index (χ3n) is 6.08. The number of hydrogen-bond donors (Lipinski definition) is 0. The lowest BCUT2D eigenvalue weighted by molar-refractivity contribution is -0.130. The second-order valence-corrected chi connectivity index (χ2v) is 7.96. The summed E-state index contributed by atoms with van der Waals surface area (Å²) in [5.41, 5.74) is 3.58. The van der Waals surface area contributed by atoms with Gasteiger partial charge in [-0.15, -0.1) is 0 Å². The Morgan fingerprint density at radius 2 is 1.31 bits per heavy atom. The summed E-state index contributed by atoms with van der Waals surface area (Å²) < 4.78 is 5.23. The van der Waals surface area contributed by atoms with Crippen molar-refractivity contribution in [3.8, 4) is 5.75 Å². The van der Waals surface area contributed by atoms with E-state index in [4.69, 9.17) is 4.74 Å². The predicted molar refractivity (Wildman–Crippen MR) is 118 cm³/mol. The minimum absolute atomic E-state index is 0.227. The fourth-order valence-corrected chi connectivity index (χ4v) is 4.27. The summed E-state index contributed by atoms with van der Waals surface area (Å²) in [6.07, 6.45) is 4.39. The minimum Gasteiger partial charge on any atom is -0.497 e. The van der Waals surface area contributed by atoms with Crippen LogP contribution >= 0.6 is 0 Å². The molecule has 0 radical (unpaired) electrons. The number of anilines is 2. The van der Waals surface area contributed by atoms with E-state index in [1.165, 1.54) is 30.6 Å². The van der Waals surface area contributed by atoms with E-state index in [0.717, 1.165) is 50.6 Å². The highest BCUT2D eigenvalue weighted by molar-refractivity contribution is 5.79. The smallest absolute Gasteiger partial charge is 0.227 e. The van der Waals surface area contributed by atoms with E-state index in [9.17, 15) is 4.79 Å². The quantitative estimate of drug-likeness (QED) is 0.778. The Morgan fingerprint density at radius 3 is 1.90 bits per heavy atom. The summed E-state index contributed by atoms with van der Waals surface area (Å²) in [6.45, 7) is 5.58. The van der Waals surface area contributed by atoms with Crippen LogP contribution in [0.5, 0.6) is 5.75 Å². The van der Waals surface area contributed by atoms with Gasteiger partial charge in [-0.1, -0.05) is 12.1 Å². The van der Waals surface area contributed by atoms with E-state index >= 15 is 0 Å². The van der Waals surface area contributed by atoms with Gasteiger partial charge in [0.15, 0.2) is 0 Å². The van der Waals surface area contributed by atoms with Crippen LogP contribution in [-0.2, 0) is 11.2 Å². The molecule has 2 heterocycles. The van der Waals surface area contributed by atoms with Gasteiger partial charge in [0.2, 0.25) is 5.91 Å². The first-order valence-electron chi connectivity index (χ1n) is 10.7. The highest BCUT2D eigenvalue weighted by Crippen LogP contribution is 2.22. The van der Waals surface area contributed by atoms with Crippen molar-refractivity contribution >= 4 is 17.3 Å². The Kier molecular flexibility index (Phi) is 6.23. The van der Waals surface area contributed by atoms with E-state index in [0.29, 0.717) is 6.42 Å². The second-order valence-electron chi connectivity index (χ2n) is 7.96. The van der Waals surface area contributed by atoms with Crippen LogP contribution in [0, 0.1) is 0 Å². The molecule has 5 heteroatoms. The number of piperazine rings is 1. The molecule has 2 saturated heterocycles. The third kappa shape index (κ3) is 4.84. The van der Waals surface area contributed by atoms with E-state index in [1.54, 1.807) is 7.11 Å². The van der Waals surface area contributed by atoms with Gasteiger partial charge in [0.25, 0.3) is 0 Å². The zero-order valence-electron chi connectivity index (χ0n) is 17.3. The van der Waals surface area contributed by atoms with Gasteiger partial charge in [0, 0.05) is 50.6 Å². The SMILES string of the molecule is COc1ccc(N2CCN(C(=O)Cc3ccc(N4CCCCC4)cc3)CC2)cc1. The monoisotopic (exact) mass is 393 g/mol. The highest BCUT2D eigenvalue weighted by atomic mass is 16.5. The second kappa shape index (κ2) is 9.21. The van der Waals surface area contributed by atoms with E-state index in [2.05, 4.69) is 46.2 Å². The van der Waals surface area contributed by atoms with Crippen LogP contribution in [0.25, 0.3) is 0 Å². The first-order chi connectivity index (χ1) is 14.2. The lowest BCUT2D eigenvalue weighted by atomic mass is 10.1. The van der Waals surface area contributed by atoms with Crippen molar-refractivity contribution in [3.63, 3.8) is 0 Å². The van der Waals surface area contributed by atoms with Gasteiger partial charge >= 0.3 is 0 Å². The number of nitrogens with zero attached hydrogens (tertiary/aromatic N) is 3. The van der Waals surface area contributed by atoms with Crippen LogP contribution < -0.4 is 14.5 Å². The van der Waals surface area contributed by atoms with E-state index < -0.39 is 0 Å². The van der Waals surface area contributed by atoms with Gasteiger partial charge in [0.1, 0.15) is 5.75 Å². The van der Waals surface area contributed by atoms with Crippen molar-refractivity contribution in [2.45, 2.75) is 25.7 Å². The molecule has 0 saturated carbocycles. The molecule has 29 heavy (non-hydrogen) atoms. The maximum Gasteiger partial charge on any atom is 0.227 e. The van der Waals surface area contributed by atoms with Crippen molar-refractivity contribution in [2.24, 2.45) is 0 Å². The topological polar surface area (TPSA) is 36.0 Å². The molecule has 2 aromatic rings. The summed E-state index contributed by atoms with van der Waals surface area (Å²) in [5.74, 6) is 1.10. The molecule has 0 bridgehead atoms. The molecule has 0 aliphatic carbocycles. The minimum atomic E-state index is 0.227. The lowest BCUT2D eigenvalue weighted by Gasteiger charge is -2.36. The van der Waals surface area contributed by atoms with E-state index in [1.807, 2.05) is 17.0 Å². The molecule has 1 amide bonds. The average molecular weight is 394 g/mol. The summed E-state index contributed by atoms with van der Waals surface area (Å²) in [4.78, 5) is 19.5. The zero-order valence-corrected chi connectivity index (χ0v) is 17.3. The van der Waals surface area contributed by atoms with Crippen LogP contribution in [0.1, 0.15) is 24.8 Å². The van der Waals surface area contributed by atoms with Crippen molar-refractivity contribution in [3.05, 3.63) is 54.1 Å². The highest BCUT2D eigenvalue weighted by Gasteiger charge is 2.21. The van der Waals surface area contributed by atoms with Gasteiger partial charge in [-0.25, -0.2) is 0 Å². The number of ether oxygens (including phenoxy) is 1. The number of carbonyl (C=O) groups is 1. The Hall–Kier alpha value is -2.69. The van der Waals surface area contributed by atoms with Crippen molar-refractivity contribution < 1.29 is 9.53 Å².